The van der Waals surface area contributed by atoms with Crippen LogP contribution in [-0.2, 0) is 0 Å². The SMILES string of the molecule is c1ccc(-c2nc(-c3ccc(N4c5ccccc5-c5ccccc5-n5c4nc4ccccc45)cc3)nc(-c3cccc4c3sc3ccccc34)n2)cc1. The Labute approximate surface area is 309 Å². The van der Waals surface area contributed by atoms with Crippen molar-refractivity contribution in [1.29, 1.82) is 0 Å². The number of para-hydroxylation sites is 4. The summed E-state index contributed by atoms with van der Waals surface area (Å²) >= 11 is 1.78. The van der Waals surface area contributed by atoms with E-state index in [0.29, 0.717) is 17.5 Å². The van der Waals surface area contributed by atoms with Crippen LogP contribution >= 0.6 is 11.3 Å². The molecule has 4 heterocycles. The van der Waals surface area contributed by atoms with Gasteiger partial charge in [0.05, 0.1) is 22.4 Å². The minimum atomic E-state index is 0.620. The fourth-order valence-corrected chi connectivity index (χ4v) is 8.79. The van der Waals surface area contributed by atoms with Crippen LogP contribution in [0.2, 0.25) is 0 Å². The molecule has 53 heavy (non-hydrogen) atoms. The predicted molar refractivity (Wildman–Crippen MR) is 217 cm³/mol. The van der Waals surface area contributed by atoms with Crippen LogP contribution in [0.15, 0.2) is 170 Å². The van der Waals surface area contributed by atoms with Crippen molar-refractivity contribution in [3.63, 3.8) is 0 Å². The number of benzene rings is 7. The average Bonchev–Trinajstić information content (AvgIpc) is 3.77. The Hall–Kier alpha value is -6.96. The van der Waals surface area contributed by atoms with E-state index in [4.69, 9.17) is 19.9 Å². The van der Waals surface area contributed by atoms with Gasteiger partial charge in [-0.05, 0) is 60.7 Å². The summed E-state index contributed by atoms with van der Waals surface area (Å²) in [6.45, 7) is 0. The monoisotopic (exact) mass is 696 g/mol. The maximum atomic E-state index is 5.24. The number of imidazole rings is 1. The van der Waals surface area contributed by atoms with Gasteiger partial charge in [0, 0.05) is 53.7 Å². The van der Waals surface area contributed by atoms with Gasteiger partial charge in [-0.15, -0.1) is 11.3 Å². The normalized spacial score (nSPS) is 12.1. The number of rotatable bonds is 4. The molecule has 0 saturated carbocycles. The summed E-state index contributed by atoms with van der Waals surface area (Å²) in [5.74, 6) is 2.75. The van der Waals surface area contributed by atoms with E-state index in [-0.39, 0.29) is 0 Å². The first-order valence-corrected chi connectivity index (χ1v) is 18.4. The van der Waals surface area contributed by atoms with Crippen molar-refractivity contribution in [3.05, 3.63) is 170 Å². The number of anilines is 3. The number of nitrogens with zero attached hydrogens (tertiary/aromatic N) is 6. The van der Waals surface area contributed by atoms with Gasteiger partial charge in [-0.3, -0.25) is 9.47 Å². The standard InChI is InChI=1S/C46H28N6S/c1-2-13-29(14-3-1)43-48-44(50-45(49-43)36-19-12-18-35-34-17-6-11-24-41(34)53-42(35)36)30-25-27-31(28-26-30)51-38-21-8-4-15-32(38)33-16-5-9-22-39(33)52-40-23-10-7-20-37(40)47-46(51)52/h1-28H. The van der Waals surface area contributed by atoms with Gasteiger partial charge in [0.25, 0.3) is 0 Å². The number of aromatic nitrogens is 5. The fraction of sp³-hybridized carbons (Fsp3) is 0. The average molecular weight is 697 g/mol. The van der Waals surface area contributed by atoms with Crippen LogP contribution in [-0.4, -0.2) is 24.5 Å². The van der Waals surface area contributed by atoms with E-state index in [2.05, 4.69) is 143 Å². The smallest absolute Gasteiger partial charge is 0.220 e. The molecule has 0 bridgehead atoms. The highest BCUT2D eigenvalue weighted by molar-refractivity contribution is 7.26. The molecule has 0 N–H and O–H groups in total. The van der Waals surface area contributed by atoms with Crippen LogP contribution in [0, 0.1) is 0 Å². The molecule has 0 radical (unpaired) electrons. The van der Waals surface area contributed by atoms with Crippen molar-refractivity contribution in [2.24, 2.45) is 0 Å². The molecule has 0 fully saturated rings. The lowest BCUT2D eigenvalue weighted by atomic mass is 10.0. The minimum absolute atomic E-state index is 0.620. The molecule has 6 nitrogen and oxygen atoms in total. The van der Waals surface area contributed by atoms with E-state index >= 15 is 0 Å². The van der Waals surface area contributed by atoms with E-state index in [1.165, 1.54) is 20.2 Å². The highest BCUT2D eigenvalue weighted by Gasteiger charge is 2.29. The van der Waals surface area contributed by atoms with Crippen LogP contribution in [0.25, 0.3) is 82.2 Å². The fourth-order valence-electron chi connectivity index (χ4n) is 7.58. The van der Waals surface area contributed by atoms with Gasteiger partial charge >= 0.3 is 0 Å². The zero-order valence-electron chi connectivity index (χ0n) is 28.3. The summed E-state index contributed by atoms with van der Waals surface area (Å²) in [5.41, 5.74) is 10.3. The lowest BCUT2D eigenvalue weighted by Gasteiger charge is -2.24. The van der Waals surface area contributed by atoms with Crippen LogP contribution in [0.3, 0.4) is 0 Å². The van der Waals surface area contributed by atoms with Crippen molar-refractivity contribution in [2.45, 2.75) is 0 Å². The Morgan fingerprint density at radius 2 is 1.02 bits per heavy atom. The van der Waals surface area contributed by atoms with Gasteiger partial charge in [-0.2, -0.15) is 0 Å². The van der Waals surface area contributed by atoms with Gasteiger partial charge in [-0.25, -0.2) is 19.9 Å². The first-order valence-electron chi connectivity index (χ1n) is 17.6. The number of thiophene rings is 1. The minimum Gasteiger partial charge on any atom is -0.280 e. The van der Waals surface area contributed by atoms with E-state index in [1.54, 1.807) is 11.3 Å². The highest BCUT2D eigenvalue weighted by Crippen LogP contribution is 2.47. The molecule has 7 aromatic carbocycles. The number of hydrogen-bond acceptors (Lipinski definition) is 6. The predicted octanol–water partition coefficient (Wildman–Crippen LogP) is 12.0. The Morgan fingerprint density at radius 3 is 1.85 bits per heavy atom. The maximum Gasteiger partial charge on any atom is 0.220 e. The van der Waals surface area contributed by atoms with Gasteiger partial charge in [0.1, 0.15) is 0 Å². The zero-order chi connectivity index (χ0) is 34.9. The molecule has 1 aliphatic heterocycles. The summed E-state index contributed by atoms with van der Waals surface area (Å²) < 4.78 is 4.69. The number of hydrogen-bond donors (Lipinski definition) is 0. The second kappa shape index (κ2) is 11.8. The summed E-state index contributed by atoms with van der Waals surface area (Å²) in [5, 5.41) is 2.45. The number of fused-ring (bicyclic) bond motifs is 10. The van der Waals surface area contributed by atoms with Crippen LogP contribution in [0.5, 0.6) is 0 Å². The first-order chi connectivity index (χ1) is 26.3. The van der Waals surface area contributed by atoms with E-state index in [1.807, 2.05) is 36.4 Å². The molecular weight excluding hydrogens is 669 g/mol. The summed E-state index contributed by atoms with van der Waals surface area (Å²) in [7, 11) is 0. The summed E-state index contributed by atoms with van der Waals surface area (Å²) in [6.07, 6.45) is 0. The van der Waals surface area contributed by atoms with Crippen molar-refractivity contribution in [1.82, 2.24) is 24.5 Å². The third-order valence-corrected chi connectivity index (χ3v) is 11.2. The lowest BCUT2D eigenvalue weighted by molar-refractivity contribution is 1.05. The Kier molecular flexibility index (Phi) is 6.62. The van der Waals surface area contributed by atoms with E-state index < -0.39 is 0 Å². The first kappa shape index (κ1) is 29.7. The topological polar surface area (TPSA) is 59.7 Å². The van der Waals surface area contributed by atoms with Crippen LogP contribution < -0.4 is 4.90 Å². The third-order valence-electron chi connectivity index (χ3n) is 10.0. The molecule has 11 rings (SSSR count). The van der Waals surface area contributed by atoms with Gasteiger partial charge in [-0.1, -0.05) is 109 Å². The molecule has 0 spiro atoms. The maximum absolute atomic E-state index is 5.24. The molecular formula is C46H28N6S. The van der Waals surface area contributed by atoms with Crippen LogP contribution in [0.4, 0.5) is 17.3 Å². The molecule has 1 aliphatic rings. The molecule has 10 aromatic rings. The Bertz CT molecular complexity index is 3020. The second-order valence-electron chi connectivity index (χ2n) is 13.1. The largest absolute Gasteiger partial charge is 0.280 e. The molecule has 0 amide bonds. The summed E-state index contributed by atoms with van der Waals surface area (Å²) in [6, 6.07) is 59.1. The van der Waals surface area contributed by atoms with Crippen molar-refractivity contribution >= 4 is 59.9 Å². The van der Waals surface area contributed by atoms with Crippen molar-refractivity contribution < 1.29 is 0 Å². The third kappa shape index (κ3) is 4.71. The quantitative estimate of drug-likeness (QED) is 0.183. The second-order valence-corrected chi connectivity index (χ2v) is 14.2. The lowest BCUT2D eigenvalue weighted by Crippen LogP contribution is -2.14. The molecule has 0 aliphatic carbocycles. The van der Waals surface area contributed by atoms with Crippen LogP contribution in [0.1, 0.15) is 0 Å². The Balaban J connectivity index is 1.08. The molecule has 3 aromatic heterocycles. The van der Waals surface area contributed by atoms with E-state index in [0.717, 1.165) is 61.9 Å². The molecule has 7 heteroatoms. The van der Waals surface area contributed by atoms with Crippen molar-refractivity contribution in [3.8, 4) is 51.0 Å². The van der Waals surface area contributed by atoms with Gasteiger partial charge < -0.3 is 0 Å². The molecule has 248 valence electrons. The van der Waals surface area contributed by atoms with Gasteiger partial charge in [0.2, 0.25) is 5.95 Å². The molecule has 0 unspecified atom stereocenters. The molecule has 0 atom stereocenters. The van der Waals surface area contributed by atoms with E-state index in [9.17, 15) is 0 Å². The molecule has 0 saturated heterocycles. The summed E-state index contributed by atoms with van der Waals surface area (Å²) in [4.78, 5) is 22.8. The highest BCUT2D eigenvalue weighted by atomic mass is 32.1. The van der Waals surface area contributed by atoms with Crippen molar-refractivity contribution in [2.75, 3.05) is 4.90 Å². The zero-order valence-corrected chi connectivity index (χ0v) is 29.1. The van der Waals surface area contributed by atoms with Gasteiger partial charge in [0.15, 0.2) is 17.5 Å². The Morgan fingerprint density at radius 1 is 0.415 bits per heavy atom.